The molecule has 4 aromatic rings. The van der Waals surface area contributed by atoms with Crippen LogP contribution in [0.2, 0.25) is 5.02 Å². The summed E-state index contributed by atoms with van der Waals surface area (Å²) in [5.74, 6) is -0.933. The number of anilines is 1. The van der Waals surface area contributed by atoms with Gasteiger partial charge in [0.05, 0.1) is 27.8 Å². The molecule has 0 unspecified atom stereocenters. The molecule has 0 aliphatic heterocycles. The first-order chi connectivity index (χ1) is 15.4. The Kier molecular flexibility index (Phi) is 6.10. The maximum atomic E-state index is 13.2. The summed E-state index contributed by atoms with van der Waals surface area (Å²) in [5.41, 5.74) is 1.63. The lowest BCUT2D eigenvalue weighted by Gasteiger charge is -2.07. The van der Waals surface area contributed by atoms with Crippen molar-refractivity contribution in [3.05, 3.63) is 75.4 Å². The second kappa shape index (κ2) is 8.97. The number of tetrazole rings is 1. The molecule has 0 radical (unpaired) electrons. The van der Waals surface area contributed by atoms with Gasteiger partial charge in [-0.3, -0.25) is 14.3 Å². The fraction of sp³-hybridized carbons (Fsp3) is 0.150. The Morgan fingerprint density at radius 2 is 1.97 bits per heavy atom. The van der Waals surface area contributed by atoms with Gasteiger partial charge < -0.3 is 5.32 Å². The Bertz CT molecular complexity index is 1350. The number of amides is 1. The van der Waals surface area contributed by atoms with Crippen molar-refractivity contribution < 1.29 is 9.18 Å². The van der Waals surface area contributed by atoms with Gasteiger partial charge in [-0.15, -0.1) is 5.10 Å². The van der Waals surface area contributed by atoms with Gasteiger partial charge in [-0.25, -0.2) is 9.07 Å². The second-order valence-corrected chi connectivity index (χ2v) is 8.09. The van der Waals surface area contributed by atoms with E-state index in [2.05, 4.69) is 20.8 Å². The molecule has 0 aliphatic carbocycles. The zero-order valence-corrected chi connectivity index (χ0v) is 18.6. The highest BCUT2D eigenvalue weighted by molar-refractivity contribution is 7.99. The highest BCUT2D eigenvalue weighted by atomic mass is 35.5. The number of rotatable bonds is 6. The van der Waals surface area contributed by atoms with Crippen molar-refractivity contribution in [1.29, 1.82) is 0 Å². The Balaban J connectivity index is 1.57. The van der Waals surface area contributed by atoms with Crippen molar-refractivity contribution in [2.45, 2.75) is 12.1 Å². The number of thioether (sulfide) groups is 1. The van der Waals surface area contributed by atoms with Gasteiger partial charge >= 0.3 is 0 Å². The summed E-state index contributed by atoms with van der Waals surface area (Å²) in [4.78, 5) is 25.5. The molecule has 4 rings (SSSR count). The number of nitrogens with zero attached hydrogens (tertiary/aromatic N) is 6. The standard InChI is InChI=1S/C20H17ClFN7O2S/c1-12-18(19(31)29(27(12)2)14-6-4-3-5-7-14)28-20(24-25-26-28)32-11-17(30)23-16-9-8-13(22)10-15(16)21/h3-10H,11H2,1-2H3,(H,23,30). The summed E-state index contributed by atoms with van der Waals surface area (Å²) in [5, 5.41) is 14.5. The Morgan fingerprint density at radius 3 is 2.69 bits per heavy atom. The monoisotopic (exact) mass is 473 g/mol. The Labute approximate surface area is 190 Å². The largest absolute Gasteiger partial charge is 0.324 e. The summed E-state index contributed by atoms with van der Waals surface area (Å²) in [6, 6.07) is 12.9. The summed E-state index contributed by atoms with van der Waals surface area (Å²) in [6.07, 6.45) is 0. The third-order valence-corrected chi connectivity index (χ3v) is 5.95. The number of nitrogens with one attached hydrogen (secondary N) is 1. The molecule has 0 spiro atoms. The molecule has 1 N–H and O–H groups in total. The molecule has 2 heterocycles. The molecule has 12 heteroatoms. The average Bonchev–Trinajstić information content (AvgIpc) is 3.31. The van der Waals surface area contributed by atoms with Crippen LogP contribution in [-0.4, -0.2) is 41.2 Å². The number of benzene rings is 2. The predicted molar refractivity (Wildman–Crippen MR) is 119 cm³/mol. The van der Waals surface area contributed by atoms with Gasteiger partial charge in [0, 0.05) is 7.05 Å². The van der Waals surface area contributed by atoms with E-state index < -0.39 is 5.82 Å². The smallest absolute Gasteiger partial charge is 0.297 e. The number of carbonyl (C=O) groups excluding carboxylic acids is 1. The SMILES string of the molecule is Cc1c(-n2nnnc2SCC(=O)Nc2ccc(F)cc2Cl)c(=O)n(-c2ccccc2)n1C. The minimum Gasteiger partial charge on any atom is -0.324 e. The van der Waals surface area contributed by atoms with E-state index in [1.165, 1.54) is 21.5 Å². The van der Waals surface area contributed by atoms with Crippen LogP contribution in [0.4, 0.5) is 10.1 Å². The number of aromatic nitrogens is 6. The van der Waals surface area contributed by atoms with Crippen LogP contribution in [0.3, 0.4) is 0 Å². The molecular formula is C20H17ClFN7O2S. The molecule has 0 atom stereocenters. The maximum Gasteiger partial charge on any atom is 0.297 e. The molecule has 0 aliphatic rings. The van der Waals surface area contributed by atoms with E-state index in [0.29, 0.717) is 17.1 Å². The van der Waals surface area contributed by atoms with Gasteiger partial charge in [-0.05, 0) is 47.7 Å². The van der Waals surface area contributed by atoms with Crippen LogP contribution in [0.15, 0.2) is 58.5 Å². The molecule has 0 saturated carbocycles. The maximum absolute atomic E-state index is 13.2. The zero-order valence-electron chi connectivity index (χ0n) is 17.0. The molecule has 0 saturated heterocycles. The van der Waals surface area contributed by atoms with Gasteiger partial charge in [-0.1, -0.05) is 41.6 Å². The lowest BCUT2D eigenvalue weighted by Crippen LogP contribution is -2.22. The number of hydrogen-bond acceptors (Lipinski definition) is 6. The molecule has 0 fully saturated rings. The first kappa shape index (κ1) is 21.8. The van der Waals surface area contributed by atoms with Crippen LogP contribution < -0.4 is 10.9 Å². The van der Waals surface area contributed by atoms with Gasteiger partial charge in [0.1, 0.15) is 5.82 Å². The van der Waals surface area contributed by atoms with Crippen LogP contribution in [0.5, 0.6) is 0 Å². The first-order valence-corrected chi connectivity index (χ1v) is 10.7. The van der Waals surface area contributed by atoms with Crippen LogP contribution in [-0.2, 0) is 11.8 Å². The minimum atomic E-state index is -0.499. The summed E-state index contributed by atoms with van der Waals surface area (Å²) in [6.45, 7) is 1.79. The Hall–Kier alpha value is -3.44. The van der Waals surface area contributed by atoms with E-state index in [4.69, 9.17) is 11.6 Å². The van der Waals surface area contributed by atoms with Gasteiger partial charge in [0.2, 0.25) is 11.1 Å². The number of halogens is 2. The molecule has 1 amide bonds. The highest BCUT2D eigenvalue weighted by Gasteiger charge is 2.22. The van der Waals surface area contributed by atoms with Crippen LogP contribution >= 0.6 is 23.4 Å². The van der Waals surface area contributed by atoms with E-state index in [1.807, 2.05) is 30.3 Å². The molecule has 0 bridgehead atoms. The molecule has 32 heavy (non-hydrogen) atoms. The topological polar surface area (TPSA) is 99.6 Å². The lowest BCUT2D eigenvalue weighted by molar-refractivity contribution is -0.113. The zero-order chi connectivity index (χ0) is 22.8. The van der Waals surface area contributed by atoms with E-state index in [9.17, 15) is 14.0 Å². The summed E-state index contributed by atoms with van der Waals surface area (Å²) in [7, 11) is 1.77. The number of hydrogen-bond donors (Lipinski definition) is 1. The molecule has 2 aromatic carbocycles. The molecule has 2 aromatic heterocycles. The van der Waals surface area contributed by atoms with Crippen LogP contribution in [0, 0.1) is 12.7 Å². The fourth-order valence-corrected chi connectivity index (χ4v) is 4.01. The molecular weight excluding hydrogens is 457 g/mol. The Morgan fingerprint density at radius 1 is 1.22 bits per heavy atom. The van der Waals surface area contributed by atoms with E-state index in [-0.39, 0.29) is 33.1 Å². The highest BCUT2D eigenvalue weighted by Crippen LogP contribution is 2.24. The third-order valence-electron chi connectivity index (χ3n) is 4.71. The number of carbonyl (C=O) groups is 1. The van der Waals surface area contributed by atoms with Crippen molar-refractivity contribution in [1.82, 2.24) is 29.6 Å². The van der Waals surface area contributed by atoms with E-state index in [1.54, 1.807) is 18.7 Å². The summed E-state index contributed by atoms with van der Waals surface area (Å²) >= 11 is 7.00. The lowest BCUT2D eigenvalue weighted by atomic mass is 10.3. The van der Waals surface area contributed by atoms with Crippen molar-refractivity contribution in [2.24, 2.45) is 7.05 Å². The average molecular weight is 474 g/mol. The van der Waals surface area contributed by atoms with Crippen molar-refractivity contribution in [3.8, 4) is 11.4 Å². The quantitative estimate of drug-likeness (QED) is 0.432. The fourth-order valence-electron chi connectivity index (χ4n) is 3.11. The predicted octanol–water partition coefficient (Wildman–Crippen LogP) is 2.98. The van der Waals surface area contributed by atoms with Gasteiger partial charge in [-0.2, -0.15) is 4.68 Å². The second-order valence-electron chi connectivity index (χ2n) is 6.74. The normalized spacial score (nSPS) is 11.0. The van der Waals surface area contributed by atoms with Gasteiger partial charge in [0.25, 0.3) is 5.56 Å². The number of para-hydroxylation sites is 1. The van der Waals surface area contributed by atoms with Crippen LogP contribution in [0.25, 0.3) is 11.4 Å². The van der Waals surface area contributed by atoms with E-state index >= 15 is 0 Å². The van der Waals surface area contributed by atoms with Gasteiger partial charge in [0.15, 0.2) is 5.69 Å². The van der Waals surface area contributed by atoms with Crippen molar-refractivity contribution in [2.75, 3.05) is 11.1 Å². The first-order valence-electron chi connectivity index (χ1n) is 9.37. The van der Waals surface area contributed by atoms with Crippen molar-refractivity contribution in [3.63, 3.8) is 0 Å². The summed E-state index contributed by atoms with van der Waals surface area (Å²) < 4.78 is 17.7. The molecule has 164 valence electrons. The minimum absolute atomic E-state index is 0.0488. The van der Waals surface area contributed by atoms with Crippen LogP contribution in [0.1, 0.15) is 5.69 Å². The van der Waals surface area contributed by atoms with E-state index in [0.717, 1.165) is 17.8 Å². The van der Waals surface area contributed by atoms with Crippen molar-refractivity contribution >= 4 is 35.0 Å². The molecule has 9 nitrogen and oxygen atoms in total. The third kappa shape index (κ3) is 4.16.